The topological polar surface area (TPSA) is 32.5 Å². The van der Waals surface area contributed by atoms with Crippen molar-refractivity contribution < 1.29 is 0 Å². The fraction of sp³-hybridized carbons (Fsp3) is 0.600. The lowest BCUT2D eigenvalue weighted by Crippen LogP contribution is -2.51. The molecule has 1 aliphatic rings. The van der Waals surface area contributed by atoms with E-state index in [0.717, 1.165) is 39.3 Å². The van der Waals surface area contributed by atoms with Gasteiger partial charge in [0.1, 0.15) is 0 Å². The van der Waals surface area contributed by atoms with Gasteiger partial charge < -0.3 is 5.73 Å². The lowest BCUT2D eigenvalue weighted by molar-refractivity contribution is 0.100. The van der Waals surface area contributed by atoms with Crippen molar-refractivity contribution in [1.82, 2.24) is 9.80 Å². The van der Waals surface area contributed by atoms with Crippen molar-refractivity contribution in [2.45, 2.75) is 26.4 Å². The van der Waals surface area contributed by atoms with Crippen molar-refractivity contribution in [2.75, 3.05) is 32.7 Å². The van der Waals surface area contributed by atoms with Crippen LogP contribution in [0.5, 0.6) is 0 Å². The van der Waals surface area contributed by atoms with E-state index in [-0.39, 0.29) is 0 Å². The Labute approximate surface area is 111 Å². The highest BCUT2D eigenvalue weighted by Crippen LogP contribution is 2.13. The van der Waals surface area contributed by atoms with Gasteiger partial charge in [-0.2, -0.15) is 0 Å². The largest absolute Gasteiger partial charge is 0.329 e. The molecule has 1 unspecified atom stereocenters. The number of piperazine rings is 1. The molecule has 1 atom stereocenters. The second kappa shape index (κ2) is 6.32. The zero-order valence-corrected chi connectivity index (χ0v) is 11.6. The summed E-state index contributed by atoms with van der Waals surface area (Å²) in [6.45, 7) is 10.8. The molecule has 0 amide bonds. The van der Waals surface area contributed by atoms with E-state index in [4.69, 9.17) is 5.73 Å². The molecule has 0 spiro atoms. The Bertz CT molecular complexity index is 370. The molecule has 1 aliphatic heterocycles. The molecule has 0 radical (unpaired) electrons. The molecule has 0 aliphatic carbocycles. The maximum Gasteiger partial charge on any atom is 0.0237 e. The summed E-state index contributed by atoms with van der Waals surface area (Å²) in [7, 11) is 0. The molecule has 0 saturated carbocycles. The summed E-state index contributed by atoms with van der Waals surface area (Å²) in [4.78, 5) is 5.04. The normalized spacial score (nSPS) is 19.9. The molecule has 1 aromatic carbocycles. The Kier molecular flexibility index (Phi) is 4.75. The Morgan fingerprint density at radius 2 is 1.83 bits per heavy atom. The van der Waals surface area contributed by atoms with E-state index in [1.165, 1.54) is 11.1 Å². The predicted octanol–water partition coefficient (Wildman–Crippen LogP) is 1.46. The average Bonchev–Trinajstić information content (AvgIpc) is 2.41. The van der Waals surface area contributed by atoms with Crippen molar-refractivity contribution in [1.29, 1.82) is 0 Å². The van der Waals surface area contributed by atoms with Crippen LogP contribution in [0.2, 0.25) is 0 Å². The minimum atomic E-state index is 0.519. The lowest BCUT2D eigenvalue weighted by atomic mass is 10.1. The van der Waals surface area contributed by atoms with Crippen LogP contribution < -0.4 is 5.73 Å². The van der Waals surface area contributed by atoms with E-state index in [9.17, 15) is 0 Å². The second-order valence-electron chi connectivity index (χ2n) is 5.32. The third-order valence-corrected chi connectivity index (χ3v) is 4.03. The van der Waals surface area contributed by atoms with Crippen molar-refractivity contribution in [3.8, 4) is 0 Å². The molecule has 1 aromatic rings. The highest BCUT2D eigenvalue weighted by molar-refractivity contribution is 5.25. The number of hydrogen-bond donors (Lipinski definition) is 1. The van der Waals surface area contributed by atoms with Crippen LogP contribution in [0.25, 0.3) is 0 Å². The van der Waals surface area contributed by atoms with E-state index in [0.29, 0.717) is 6.04 Å². The maximum absolute atomic E-state index is 5.73. The zero-order valence-electron chi connectivity index (χ0n) is 11.6. The Balaban J connectivity index is 1.86. The smallest absolute Gasteiger partial charge is 0.0237 e. The summed E-state index contributed by atoms with van der Waals surface area (Å²) in [5, 5.41) is 0. The van der Waals surface area contributed by atoms with Crippen LogP contribution >= 0.6 is 0 Å². The Morgan fingerprint density at radius 3 is 2.44 bits per heavy atom. The van der Waals surface area contributed by atoms with Crippen LogP contribution in [0.15, 0.2) is 24.3 Å². The molecular formula is C15H25N3. The van der Waals surface area contributed by atoms with Crippen LogP contribution in [0.1, 0.15) is 18.1 Å². The number of benzene rings is 1. The molecule has 2 rings (SSSR count). The van der Waals surface area contributed by atoms with Gasteiger partial charge in [0.15, 0.2) is 0 Å². The standard InChI is InChI=1S/C15H25N3/c1-13-5-3-4-6-15(13)12-17-7-9-18(10-8-17)14(2)11-16/h3-6,14H,7-12,16H2,1-2H3. The minimum Gasteiger partial charge on any atom is -0.329 e. The molecular weight excluding hydrogens is 222 g/mol. The van der Waals surface area contributed by atoms with Gasteiger partial charge in [0.2, 0.25) is 0 Å². The first kappa shape index (κ1) is 13.5. The summed E-state index contributed by atoms with van der Waals surface area (Å²) < 4.78 is 0. The van der Waals surface area contributed by atoms with E-state index in [1.807, 2.05) is 0 Å². The summed E-state index contributed by atoms with van der Waals surface area (Å²) in [6.07, 6.45) is 0. The molecule has 0 aromatic heterocycles. The van der Waals surface area contributed by atoms with Crippen LogP contribution in [-0.4, -0.2) is 48.6 Å². The van der Waals surface area contributed by atoms with E-state index in [1.54, 1.807) is 0 Å². The van der Waals surface area contributed by atoms with Crippen molar-refractivity contribution in [3.05, 3.63) is 35.4 Å². The first-order valence-corrected chi connectivity index (χ1v) is 6.91. The molecule has 100 valence electrons. The first-order valence-electron chi connectivity index (χ1n) is 6.91. The summed E-state index contributed by atoms with van der Waals surface area (Å²) in [5.74, 6) is 0. The second-order valence-corrected chi connectivity index (χ2v) is 5.32. The third-order valence-electron chi connectivity index (χ3n) is 4.03. The molecule has 1 fully saturated rings. The average molecular weight is 247 g/mol. The highest BCUT2D eigenvalue weighted by Gasteiger charge is 2.20. The molecule has 18 heavy (non-hydrogen) atoms. The summed E-state index contributed by atoms with van der Waals surface area (Å²) in [5.41, 5.74) is 8.58. The summed E-state index contributed by atoms with van der Waals surface area (Å²) >= 11 is 0. The van der Waals surface area contributed by atoms with Gasteiger partial charge in [-0.1, -0.05) is 24.3 Å². The van der Waals surface area contributed by atoms with Crippen LogP contribution in [-0.2, 0) is 6.54 Å². The Hall–Kier alpha value is -0.900. The van der Waals surface area contributed by atoms with Crippen molar-refractivity contribution >= 4 is 0 Å². The SMILES string of the molecule is Cc1ccccc1CN1CCN(C(C)CN)CC1. The molecule has 0 bridgehead atoms. The fourth-order valence-electron chi connectivity index (χ4n) is 2.54. The van der Waals surface area contributed by atoms with Gasteiger partial charge in [-0.05, 0) is 25.0 Å². The minimum absolute atomic E-state index is 0.519. The quantitative estimate of drug-likeness (QED) is 0.874. The van der Waals surface area contributed by atoms with Gasteiger partial charge in [0, 0.05) is 45.3 Å². The number of aryl methyl sites for hydroxylation is 1. The highest BCUT2D eigenvalue weighted by atomic mass is 15.3. The lowest BCUT2D eigenvalue weighted by Gasteiger charge is -2.37. The fourth-order valence-corrected chi connectivity index (χ4v) is 2.54. The third kappa shape index (κ3) is 3.31. The van der Waals surface area contributed by atoms with Crippen LogP contribution in [0, 0.1) is 6.92 Å². The number of rotatable bonds is 4. The van der Waals surface area contributed by atoms with Gasteiger partial charge in [0.25, 0.3) is 0 Å². The monoisotopic (exact) mass is 247 g/mol. The maximum atomic E-state index is 5.73. The van der Waals surface area contributed by atoms with E-state index >= 15 is 0 Å². The molecule has 2 N–H and O–H groups in total. The zero-order chi connectivity index (χ0) is 13.0. The summed E-state index contributed by atoms with van der Waals surface area (Å²) in [6, 6.07) is 9.20. The van der Waals surface area contributed by atoms with Gasteiger partial charge >= 0.3 is 0 Å². The van der Waals surface area contributed by atoms with Gasteiger partial charge in [0.05, 0.1) is 0 Å². The van der Waals surface area contributed by atoms with Gasteiger partial charge in [-0.15, -0.1) is 0 Å². The van der Waals surface area contributed by atoms with Gasteiger partial charge in [-0.3, -0.25) is 9.80 Å². The predicted molar refractivity (Wildman–Crippen MR) is 76.5 cm³/mol. The first-order chi connectivity index (χ1) is 8.70. The molecule has 3 nitrogen and oxygen atoms in total. The molecule has 1 saturated heterocycles. The van der Waals surface area contributed by atoms with Crippen molar-refractivity contribution in [3.63, 3.8) is 0 Å². The number of hydrogen-bond acceptors (Lipinski definition) is 3. The number of nitrogens with zero attached hydrogens (tertiary/aromatic N) is 2. The Morgan fingerprint density at radius 1 is 1.17 bits per heavy atom. The van der Waals surface area contributed by atoms with E-state index in [2.05, 4.69) is 47.9 Å². The molecule has 1 heterocycles. The molecule has 3 heteroatoms. The number of nitrogens with two attached hydrogens (primary N) is 1. The van der Waals surface area contributed by atoms with Crippen LogP contribution in [0.3, 0.4) is 0 Å². The van der Waals surface area contributed by atoms with E-state index < -0.39 is 0 Å². The van der Waals surface area contributed by atoms with Gasteiger partial charge in [-0.25, -0.2) is 0 Å². The van der Waals surface area contributed by atoms with Crippen LogP contribution in [0.4, 0.5) is 0 Å². The van der Waals surface area contributed by atoms with Crippen molar-refractivity contribution in [2.24, 2.45) is 5.73 Å².